The van der Waals surface area contributed by atoms with E-state index >= 15 is 0 Å². The van der Waals surface area contributed by atoms with Gasteiger partial charge < -0.3 is 4.90 Å². The van der Waals surface area contributed by atoms with Gasteiger partial charge >= 0.3 is 0 Å². The Hall–Kier alpha value is -2.36. The van der Waals surface area contributed by atoms with Gasteiger partial charge in [-0.1, -0.05) is 38.1 Å². The Balaban J connectivity index is 1.54. The summed E-state index contributed by atoms with van der Waals surface area (Å²) in [6, 6.07) is 8.12. The van der Waals surface area contributed by atoms with Crippen LogP contribution < -0.4 is 0 Å². The maximum absolute atomic E-state index is 13.0. The van der Waals surface area contributed by atoms with Crippen LogP contribution in [0.1, 0.15) is 37.0 Å². The van der Waals surface area contributed by atoms with Crippen molar-refractivity contribution in [1.29, 1.82) is 0 Å². The van der Waals surface area contributed by atoms with Crippen LogP contribution in [0.5, 0.6) is 0 Å². The summed E-state index contributed by atoms with van der Waals surface area (Å²) in [4.78, 5) is 14.9. The van der Waals surface area contributed by atoms with Crippen LogP contribution in [-0.4, -0.2) is 33.2 Å². The number of aromatic nitrogens is 2. The molecule has 1 saturated carbocycles. The molecule has 0 N–H and O–H groups in total. The van der Waals surface area contributed by atoms with Crippen LogP contribution in [-0.2, 0) is 6.54 Å². The third-order valence-corrected chi connectivity index (χ3v) is 5.16. The zero-order chi connectivity index (χ0) is 17.4. The molecule has 4 nitrogen and oxygen atoms in total. The number of hydrogen-bond acceptors (Lipinski definition) is 2. The highest BCUT2D eigenvalue weighted by atomic mass is 16.2. The van der Waals surface area contributed by atoms with Crippen LogP contribution >= 0.6 is 0 Å². The Morgan fingerprint density at radius 2 is 2.12 bits per heavy atom. The molecule has 2 heterocycles. The van der Waals surface area contributed by atoms with Crippen molar-refractivity contribution in [2.75, 3.05) is 6.54 Å². The van der Waals surface area contributed by atoms with Gasteiger partial charge in [0.25, 0.3) is 5.91 Å². The van der Waals surface area contributed by atoms with Gasteiger partial charge in [0.15, 0.2) is 0 Å². The van der Waals surface area contributed by atoms with Crippen molar-refractivity contribution < 1.29 is 4.79 Å². The molecule has 0 spiro atoms. The lowest BCUT2D eigenvalue weighted by molar-refractivity contribution is 0.0720. The van der Waals surface area contributed by atoms with Crippen LogP contribution in [0.25, 0.3) is 11.1 Å². The lowest BCUT2D eigenvalue weighted by atomic mass is 10.0. The van der Waals surface area contributed by atoms with Crippen LogP contribution in [0, 0.1) is 11.8 Å². The molecule has 0 saturated heterocycles. The van der Waals surface area contributed by atoms with Crippen molar-refractivity contribution in [2.45, 2.75) is 39.3 Å². The van der Waals surface area contributed by atoms with Crippen molar-refractivity contribution in [3.8, 4) is 11.1 Å². The Morgan fingerprint density at radius 3 is 2.88 bits per heavy atom. The molecule has 4 rings (SSSR count). The largest absolute Gasteiger partial charge is 0.328 e. The molecule has 130 valence electrons. The van der Waals surface area contributed by atoms with E-state index in [1.165, 1.54) is 12.8 Å². The highest BCUT2D eigenvalue weighted by molar-refractivity contribution is 5.96. The van der Waals surface area contributed by atoms with E-state index in [9.17, 15) is 4.79 Å². The van der Waals surface area contributed by atoms with E-state index in [-0.39, 0.29) is 11.9 Å². The number of carbonyl (C=O) groups is 1. The highest BCUT2D eigenvalue weighted by Gasteiger charge is 2.28. The minimum atomic E-state index is 0.107. The van der Waals surface area contributed by atoms with Gasteiger partial charge in [-0.2, -0.15) is 5.10 Å². The molecule has 1 aromatic heterocycles. The van der Waals surface area contributed by atoms with Crippen LogP contribution in [0.2, 0.25) is 0 Å². The number of rotatable bonds is 5. The summed E-state index contributed by atoms with van der Waals surface area (Å²) in [6.45, 7) is 6.02. The number of hydrogen-bond donors (Lipinski definition) is 0. The van der Waals surface area contributed by atoms with Gasteiger partial charge in [-0.3, -0.25) is 9.48 Å². The lowest BCUT2D eigenvalue weighted by Crippen LogP contribution is -2.39. The molecule has 2 aromatic rings. The second-order valence-electron chi connectivity index (χ2n) is 7.60. The van der Waals surface area contributed by atoms with E-state index in [4.69, 9.17) is 0 Å². The third kappa shape index (κ3) is 3.39. The predicted octanol–water partition coefficient (Wildman–Crippen LogP) is 4.00. The minimum absolute atomic E-state index is 0.107. The molecule has 1 aromatic carbocycles. The summed E-state index contributed by atoms with van der Waals surface area (Å²) in [7, 11) is 0. The fourth-order valence-corrected chi connectivity index (χ4v) is 3.51. The first-order valence-corrected chi connectivity index (χ1v) is 9.22. The van der Waals surface area contributed by atoms with Crippen LogP contribution in [0.3, 0.4) is 0 Å². The zero-order valence-electron chi connectivity index (χ0n) is 14.9. The Kier molecular flexibility index (Phi) is 4.20. The normalized spacial score (nSPS) is 19.8. The van der Waals surface area contributed by atoms with Gasteiger partial charge in [-0.15, -0.1) is 0 Å². The minimum Gasteiger partial charge on any atom is -0.328 e. The van der Waals surface area contributed by atoms with Crippen LogP contribution in [0.15, 0.2) is 48.8 Å². The van der Waals surface area contributed by atoms with Gasteiger partial charge in [-0.05, 0) is 42.4 Å². The van der Waals surface area contributed by atoms with Crippen molar-refractivity contribution >= 4 is 5.91 Å². The van der Waals surface area contributed by atoms with Crippen molar-refractivity contribution in [3.05, 3.63) is 54.4 Å². The maximum Gasteiger partial charge on any atom is 0.254 e. The van der Waals surface area contributed by atoms with Gasteiger partial charge in [0.2, 0.25) is 0 Å². The second-order valence-corrected chi connectivity index (χ2v) is 7.60. The number of nitrogens with zero attached hydrogens (tertiary/aromatic N) is 3. The summed E-state index contributed by atoms with van der Waals surface area (Å²) in [5.41, 5.74) is 2.89. The first-order chi connectivity index (χ1) is 12.1. The van der Waals surface area contributed by atoms with E-state index < -0.39 is 0 Å². The number of benzene rings is 1. The van der Waals surface area contributed by atoms with Gasteiger partial charge in [0, 0.05) is 30.4 Å². The van der Waals surface area contributed by atoms with Crippen LogP contribution in [0.4, 0.5) is 0 Å². The van der Waals surface area contributed by atoms with Crippen molar-refractivity contribution in [3.63, 3.8) is 0 Å². The lowest BCUT2D eigenvalue weighted by Gasteiger charge is -2.27. The number of amides is 1. The van der Waals surface area contributed by atoms with Crippen molar-refractivity contribution in [1.82, 2.24) is 14.7 Å². The summed E-state index contributed by atoms with van der Waals surface area (Å²) < 4.78 is 2.03. The fraction of sp³-hybridized carbons (Fsp3) is 0.429. The first kappa shape index (κ1) is 16.1. The zero-order valence-corrected chi connectivity index (χ0v) is 14.9. The Bertz CT molecular complexity index is 801. The average Bonchev–Trinajstić information content (AvgIpc) is 3.11. The first-order valence-electron chi connectivity index (χ1n) is 9.22. The fourth-order valence-electron chi connectivity index (χ4n) is 3.51. The molecule has 1 amide bonds. The third-order valence-electron chi connectivity index (χ3n) is 5.16. The molecular weight excluding hydrogens is 310 g/mol. The summed E-state index contributed by atoms with van der Waals surface area (Å²) in [5, 5.41) is 4.47. The summed E-state index contributed by atoms with van der Waals surface area (Å²) >= 11 is 0. The average molecular weight is 335 g/mol. The standard InChI is InChI=1S/C21H25N3O/c1-15(2)20-7-4-10-24(20)21(25)18-6-3-5-17(11-18)19-12-22-23(14-19)13-16-8-9-16/h3-7,11-12,14-16,20H,8-10,13H2,1-2H3. The Morgan fingerprint density at radius 1 is 1.28 bits per heavy atom. The molecule has 4 heteroatoms. The van der Waals surface area contributed by atoms with E-state index in [2.05, 4.69) is 43.4 Å². The second kappa shape index (κ2) is 6.51. The highest BCUT2D eigenvalue weighted by Crippen LogP contribution is 2.31. The molecule has 25 heavy (non-hydrogen) atoms. The van der Waals surface area contributed by atoms with Gasteiger partial charge in [0.05, 0.1) is 12.2 Å². The van der Waals surface area contributed by atoms with Gasteiger partial charge in [0.1, 0.15) is 0 Å². The number of carbonyl (C=O) groups excluding carboxylic acids is 1. The molecule has 1 fully saturated rings. The molecular formula is C21H25N3O. The molecule has 1 unspecified atom stereocenters. The quantitative estimate of drug-likeness (QED) is 0.775. The topological polar surface area (TPSA) is 38.1 Å². The Labute approximate surface area is 149 Å². The smallest absolute Gasteiger partial charge is 0.254 e. The van der Waals surface area contributed by atoms with E-state index in [0.717, 1.165) is 29.2 Å². The molecule has 1 aliphatic carbocycles. The van der Waals surface area contributed by atoms with Crippen molar-refractivity contribution in [2.24, 2.45) is 11.8 Å². The molecule has 2 aliphatic rings. The van der Waals surface area contributed by atoms with E-state index in [1.54, 1.807) is 0 Å². The summed E-state index contributed by atoms with van der Waals surface area (Å²) in [6.07, 6.45) is 10.9. The molecule has 1 aliphatic heterocycles. The van der Waals surface area contributed by atoms with Gasteiger partial charge in [-0.25, -0.2) is 0 Å². The van der Waals surface area contributed by atoms with E-state index in [0.29, 0.717) is 12.5 Å². The monoisotopic (exact) mass is 335 g/mol. The SMILES string of the molecule is CC(C)C1C=CCN1C(=O)c1cccc(-c2cnn(CC3CC3)c2)c1. The van der Waals surface area contributed by atoms with E-state index in [1.807, 2.05) is 34.0 Å². The molecule has 0 bridgehead atoms. The predicted molar refractivity (Wildman–Crippen MR) is 99.2 cm³/mol. The maximum atomic E-state index is 13.0. The molecule has 0 radical (unpaired) electrons. The summed E-state index contributed by atoms with van der Waals surface area (Å²) in [5.74, 6) is 1.33. The molecule has 1 atom stereocenters.